The van der Waals surface area contributed by atoms with Gasteiger partial charge in [0.1, 0.15) is 0 Å². The summed E-state index contributed by atoms with van der Waals surface area (Å²) < 4.78 is 5.07. The minimum absolute atomic E-state index is 0.273. The van der Waals surface area contributed by atoms with Crippen molar-refractivity contribution in [2.45, 2.75) is 44.3 Å². The molecule has 0 spiro atoms. The van der Waals surface area contributed by atoms with Gasteiger partial charge in [0.15, 0.2) is 0 Å². The van der Waals surface area contributed by atoms with Crippen molar-refractivity contribution < 1.29 is 4.74 Å². The zero-order valence-corrected chi connectivity index (χ0v) is 11.3. The van der Waals surface area contributed by atoms with E-state index >= 15 is 0 Å². The first-order valence-corrected chi connectivity index (χ1v) is 7.36. The molecule has 0 bridgehead atoms. The average molecular weight is 241 g/mol. The second kappa shape index (κ2) is 7.97. The maximum absolute atomic E-state index is 9.14. The van der Waals surface area contributed by atoms with Crippen LogP contribution in [0.4, 0.5) is 0 Å². The summed E-state index contributed by atoms with van der Waals surface area (Å²) in [6.45, 7) is 3.06. The molecule has 0 aromatic heterocycles. The van der Waals surface area contributed by atoms with Crippen molar-refractivity contribution in [2.75, 3.05) is 19.5 Å². The van der Waals surface area contributed by atoms with Crippen LogP contribution in [0.1, 0.15) is 39.0 Å². The topological polar surface area (TPSA) is 33.0 Å². The maximum atomic E-state index is 9.14. The van der Waals surface area contributed by atoms with Gasteiger partial charge in [0.25, 0.3) is 0 Å². The van der Waals surface area contributed by atoms with E-state index in [1.807, 2.05) is 11.8 Å². The van der Waals surface area contributed by atoms with E-state index in [1.54, 1.807) is 7.11 Å². The molecule has 3 unspecified atom stereocenters. The molecule has 3 heteroatoms. The lowest BCUT2D eigenvalue weighted by Crippen LogP contribution is -2.27. The first kappa shape index (κ1) is 13.9. The van der Waals surface area contributed by atoms with Gasteiger partial charge in [-0.2, -0.15) is 17.0 Å². The van der Waals surface area contributed by atoms with Crippen LogP contribution in [0.5, 0.6) is 0 Å². The standard InChI is InChI=1S/C13H23NOS/c1-3-4-11-5-6-12(10-14)13(9-11)16-8-7-15-2/h11-13H,3-9H2,1-2H3. The molecule has 0 amide bonds. The third-order valence-corrected chi connectivity index (χ3v) is 4.73. The van der Waals surface area contributed by atoms with Gasteiger partial charge in [-0.05, 0) is 25.2 Å². The van der Waals surface area contributed by atoms with Crippen molar-refractivity contribution in [3.63, 3.8) is 0 Å². The lowest BCUT2D eigenvalue weighted by molar-refractivity contribution is 0.218. The number of hydrogen-bond donors (Lipinski definition) is 0. The fraction of sp³-hybridized carbons (Fsp3) is 0.923. The lowest BCUT2D eigenvalue weighted by Gasteiger charge is -2.32. The highest BCUT2D eigenvalue weighted by Crippen LogP contribution is 2.38. The molecule has 1 aliphatic rings. The molecule has 1 aliphatic carbocycles. The molecule has 0 aliphatic heterocycles. The molecule has 3 atom stereocenters. The van der Waals surface area contributed by atoms with Crippen LogP contribution in [-0.2, 0) is 4.74 Å². The van der Waals surface area contributed by atoms with Gasteiger partial charge in [0.05, 0.1) is 18.6 Å². The summed E-state index contributed by atoms with van der Waals surface area (Å²) >= 11 is 1.94. The minimum atomic E-state index is 0.273. The molecular formula is C13H23NOS. The molecule has 0 aromatic rings. The average Bonchev–Trinajstić information content (AvgIpc) is 2.30. The summed E-state index contributed by atoms with van der Waals surface area (Å²) in [5.74, 6) is 2.16. The minimum Gasteiger partial charge on any atom is -0.384 e. The fourth-order valence-corrected chi connectivity index (χ4v) is 3.90. The third kappa shape index (κ3) is 4.35. The van der Waals surface area contributed by atoms with E-state index in [2.05, 4.69) is 13.0 Å². The first-order chi connectivity index (χ1) is 7.81. The van der Waals surface area contributed by atoms with Gasteiger partial charge in [-0.15, -0.1) is 0 Å². The van der Waals surface area contributed by atoms with Crippen LogP contribution in [0.3, 0.4) is 0 Å². The van der Waals surface area contributed by atoms with Crippen LogP contribution in [0, 0.1) is 23.2 Å². The number of nitrogens with zero attached hydrogens (tertiary/aromatic N) is 1. The van der Waals surface area contributed by atoms with E-state index in [-0.39, 0.29) is 5.92 Å². The van der Waals surface area contributed by atoms with Crippen molar-refractivity contribution >= 4 is 11.8 Å². The van der Waals surface area contributed by atoms with Crippen molar-refractivity contribution in [3.05, 3.63) is 0 Å². The van der Waals surface area contributed by atoms with Gasteiger partial charge < -0.3 is 4.74 Å². The molecule has 2 nitrogen and oxygen atoms in total. The Hall–Kier alpha value is -0.200. The third-order valence-electron chi connectivity index (χ3n) is 3.38. The summed E-state index contributed by atoms with van der Waals surface area (Å²) in [7, 11) is 1.74. The predicted octanol–water partition coefficient (Wildman–Crippen LogP) is 3.47. The summed E-state index contributed by atoms with van der Waals surface area (Å²) in [5, 5.41) is 9.69. The van der Waals surface area contributed by atoms with Crippen molar-refractivity contribution in [2.24, 2.45) is 11.8 Å². The summed E-state index contributed by atoms with van der Waals surface area (Å²) in [5.41, 5.74) is 0. The van der Waals surface area contributed by atoms with Gasteiger partial charge >= 0.3 is 0 Å². The van der Waals surface area contributed by atoms with Crippen molar-refractivity contribution in [1.29, 1.82) is 5.26 Å². The summed E-state index contributed by atoms with van der Waals surface area (Å²) in [6.07, 6.45) is 6.20. The van der Waals surface area contributed by atoms with E-state index in [0.29, 0.717) is 5.25 Å². The fourth-order valence-electron chi connectivity index (χ4n) is 2.50. The van der Waals surface area contributed by atoms with Gasteiger partial charge in [-0.25, -0.2) is 0 Å². The predicted molar refractivity (Wildman–Crippen MR) is 69.5 cm³/mol. The van der Waals surface area contributed by atoms with E-state index in [1.165, 1.54) is 25.7 Å². The van der Waals surface area contributed by atoms with E-state index in [9.17, 15) is 0 Å². The van der Waals surface area contributed by atoms with Crippen LogP contribution in [0.2, 0.25) is 0 Å². The number of nitriles is 1. The Labute approximate surface area is 104 Å². The van der Waals surface area contributed by atoms with Gasteiger partial charge in [0, 0.05) is 18.1 Å². The Morgan fingerprint density at radius 3 is 2.88 bits per heavy atom. The van der Waals surface area contributed by atoms with E-state index in [0.717, 1.165) is 24.7 Å². The largest absolute Gasteiger partial charge is 0.384 e. The quantitative estimate of drug-likeness (QED) is 0.668. The molecule has 0 radical (unpaired) electrons. The number of rotatable bonds is 6. The zero-order valence-electron chi connectivity index (χ0n) is 10.4. The second-order valence-electron chi connectivity index (χ2n) is 4.61. The number of thioether (sulfide) groups is 1. The molecule has 0 N–H and O–H groups in total. The van der Waals surface area contributed by atoms with Crippen molar-refractivity contribution in [3.8, 4) is 6.07 Å². The Bertz CT molecular complexity index is 226. The zero-order chi connectivity index (χ0) is 11.8. The highest BCUT2D eigenvalue weighted by Gasteiger charge is 2.30. The molecule has 92 valence electrons. The number of hydrogen-bond acceptors (Lipinski definition) is 3. The van der Waals surface area contributed by atoms with Crippen LogP contribution < -0.4 is 0 Å². The van der Waals surface area contributed by atoms with E-state index < -0.39 is 0 Å². The molecule has 0 heterocycles. The van der Waals surface area contributed by atoms with E-state index in [4.69, 9.17) is 10.00 Å². The monoisotopic (exact) mass is 241 g/mol. The van der Waals surface area contributed by atoms with Gasteiger partial charge in [-0.3, -0.25) is 0 Å². The van der Waals surface area contributed by atoms with Crippen LogP contribution in [0.15, 0.2) is 0 Å². The Morgan fingerprint density at radius 2 is 2.25 bits per heavy atom. The number of methoxy groups -OCH3 is 1. The Balaban J connectivity index is 2.38. The van der Waals surface area contributed by atoms with Gasteiger partial charge in [-0.1, -0.05) is 19.8 Å². The van der Waals surface area contributed by atoms with Crippen LogP contribution in [0.25, 0.3) is 0 Å². The molecule has 16 heavy (non-hydrogen) atoms. The van der Waals surface area contributed by atoms with Crippen LogP contribution >= 0.6 is 11.8 Å². The maximum Gasteiger partial charge on any atom is 0.0667 e. The Morgan fingerprint density at radius 1 is 1.44 bits per heavy atom. The van der Waals surface area contributed by atoms with Crippen LogP contribution in [-0.4, -0.2) is 24.7 Å². The highest BCUT2D eigenvalue weighted by atomic mass is 32.2. The first-order valence-electron chi connectivity index (χ1n) is 6.32. The normalized spacial score (nSPS) is 29.9. The SMILES string of the molecule is CCCC1CCC(C#N)C(SCCOC)C1. The molecule has 1 fully saturated rings. The number of ether oxygens (including phenoxy) is 1. The highest BCUT2D eigenvalue weighted by molar-refractivity contribution is 7.99. The molecule has 1 rings (SSSR count). The van der Waals surface area contributed by atoms with Crippen molar-refractivity contribution in [1.82, 2.24) is 0 Å². The molecule has 0 saturated heterocycles. The molecule has 1 saturated carbocycles. The second-order valence-corrected chi connectivity index (χ2v) is 5.95. The summed E-state index contributed by atoms with van der Waals surface area (Å²) in [4.78, 5) is 0. The smallest absolute Gasteiger partial charge is 0.0667 e. The Kier molecular flexibility index (Phi) is 6.91. The van der Waals surface area contributed by atoms with Gasteiger partial charge in [0.2, 0.25) is 0 Å². The molecular weight excluding hydrogens is 218 g/mol. The molecule has 0 aromatic carbocycles. The lowest BCUT2D eigenvalue weighted by atomic mass is 9.80. The summed E-state index contributed by atoms with van der Waals surface area (Å²) in [6, 6.07) is 2.48.